The van der Waals surface area contributed by atoms with E-state index >= 15 is 0 Å². The number of hydrogen-bond acceptors (Lipinski definition) is 5. The minimum Gasteiger partial charge on any atom is -0.337 e. The van der Waals surface area contributed by atoms with Crippen LogP contribution in [0.25, 0.3) is 0 Å². The van der Waals surface area contributed by atoms with E-state index in [0.29, 0.717) is 49.2 Å². The zero-order valence-corrected chi connectivity index (χ0v) is 17.5. The molecular weight excluding hydrogens is 393 g/mol. The summed E-state index contributed by atoms with van der Waals surface area (Å²) in [4.78, 5) is 28.6. The number of rotatable bonds is 5. The van der Waals surface area contributed by atoms with Crippen molar-refractivity contribution >= 4 is 28.4 Å². The molecule has 0 saturated carbocycles. The van der Waals surface area contributed by atoms with Crippen LogP contribution in [0.15, 0.2) is 24.3 Å². The quantitative estimate of drug-likeness (QED) is 0.796. The van der Waals surface area contributed by atoms with E-state index in [1.807, 2.05) is 0 Å². The molecule has 1 aromatic carbocycles. The summed E-state index contributed by atoms with van der Waals surface area (Å²) in [7, 11) is 0. The van der Waals surface area contributed by atoms with E-state index in [1.54, 1.807) is 9.80 Å². The van der Waals surface area contributed by atoms with Gasteiger partial charge in [0.2, 0.25) is 5.13 Å². The summed E-state index contributed by atoms with van der Waals surface area (Å²) in [6.07, 6.45) is 2.65. The predicted molar refractivity (Wildman–Crippen MR) is 111 cm³/mol. The molecule has 0 radical (unpaired) electrons. The van der Waals surface area contributed by atoms with Crippen LogP contribution >= 0.6 is 11.3 Å². The molecule has 0 aliphatic carbocycles. The van der Waals surface area contributed by atoms with Gasteiger partial charge in [0, 0.05) is 37.7 Å². The van der Waals surface area contributed by atoms with Gasteiger partial charge in [0.25, 0.3) is 5.91 Å². The van der Waals surface area contributed by atoms with Crippen molar-refractivity contribution in [2.75, 3.05) is 31.5 Å². The molecule has 0 bridgehead atoms. The zero-order chi connectivity index (χ0) is 20.8. The average Bonchev–Trinajstić information content (AvgIpc) is 3.03. The number of nitrogens with zero attached hydrogens (tertiary/aromatic N) is 4. The Kier molecular flexibility index (Phi) is 7.13. The highest BCUT2D eigenvalue weighted by Crippen LogP contribution is 2.28. The molecule has 9 heteroatoms. The van der Waals surface area contributed by atoms with Crippen LogP contribution in [0.3, 0.4) is 0 Å². The van der Waals surface area contributed by atoms with Crippen LogP contribution in [0, 0.1) is 5.82 Å². The average molecular weight is 420 g/mol. The maximum atomic E-state index is 13.1. The molecule has 2 aromatic rings. The van der Waals surface area contributed by atoms with Crippen LogP contribution in [-0.2, 0) is 0 Å². The summed E-state index contributed by atoms with van der Waals surface area (Å²) >= 11 is 1.42. The standard InChI is InChI=1S/C20H26FN5O2S/c1-3-14(4-2)17-23-24-19(29-17)22-20(28)26-11-5-10-25(12-13-26)18(27)15-6-8-16(21)9-7-15/h6-9,14H,3-5,10-13H2,1-2H3,(H,22,24,28). The van der Waals surface area contributed by atoms with Crippen LogP contribution in [0.5, 0.6) is 0 Å². The molecule has 1 fully saturated rings. The lowest BCUT2D eigenvalue weighted by Crippen LogP contribution is -2.39. The minimum absolute atomic E-state index is 0.147. The lowest BCUT2D eigenvalue weighted by atomic mass is 10.1. The van der Waals surface area contributed by atoms with Gasteiger partial charge in [-0.1, -0.05) is 25.2 Å². The number of urea groups is 1. The zero-order valence-electron chi connectivity index (χ0n) is 16.7. The predicted octanol–water partition coefficient (Wildman–Crippen LogP) is 3.96. The first-order chi connectivity index (χ1) is 14.0. The van der Waals surface area contributed by atoms with E-state index in [0.717, 1.165) is 17.8 Å². The highest BCUT2D eigenvalue weighted by atomic mass is 32.1. The molecule has 0 unspecified atom stereocenters. The normalized spacial score (nSPS) is 14.8. The van der Waals surface area contributed by atoms with Gasteiger partial charge in [0.05, 0.1) is 0 Å². The number of carbonyl (C=O) groups excluding carboxylic acids is 2. The number of amides is 3. The number of hydrogen-bond donors (Lipinski definition) is 1. The summed E-state index contributed by atoms with van der Waals surface area (Å²) in [5, 5.41) is 12.6. The van der Waals surface area contributed by atoms with Crippen molar-refractivity contribution in [1.29, 1.82) is 0 Å². The van der Waals surface area contributed by atoms with Crippen molar-refractivity contribution in [2.24, 2.45) is 0 Å². The Bertz CT molecular complexity index is 838. The van der Waals surface area contributed by atoms with E-state index in [9.17, 15) is 14.0 Å². The van der Waals surface area contributed by atoms with Gasteiger partial charge in [-0.2, -0.15) is 0 Å². The monoisotopic (exact) mass is 419 g/mol. The van der Waals surface area contributed by atoms with E-state index in [-0.39, 0.29) is 17.8 Å². The van der Waals surface area contributed by atoms with Crippen LogP contribution in [0.1, 0.15) is 54.4 Å². The second kappa shape index (κ2) is 9.78. The topological polar surface area (TPSA) is 78.4 Å². The van der Waals surface area contributed by atoms with Crippen LogP contribution in [0.4, 0.5) is 14.3 Å². The lowest BCUT2D eigenvalue weighted by Gasteiger charge is -2.22. The molecule has 1 saturated heterocycles. The molecule has 1 N–H and O–H groups in total. The van der Waals surface area contributed by atoms with Gasteiger partial charge < -0.3 is 9.80 Å². The van der Waals surface area contributed by atoms with Gasteiger partial charge in [-0.05, 0) is 43.5 Å². The molecule has 29 heavy (non-hydrogen) atoms. The van der Waals surface area contributed by atoms with E-state index in [4.69, 9.17) is 0 Å². The Morgan fingerprint density at radius 3 is 2.41 bits per heavy atom. The largest absolute Gasteiger partial charge is 0.337 e. The second-order valence-electron chi connectivity index (χ2n) is 7.03. The lowest BCUT2D eigenvalue weighted by molar-refractivity contribution is 0.0762. The van der Waals surface area contributed by atoms with Crippen molar-refractivity contribution < 1.29 is 14.0 Å². The first-order valence-corrected chi connectivity index (χ1v) is 10.8. The van der Waals surface area contributed by atoms with Crippen LogP contribution in [-0.4, -0.2) is 58.1 Å². The molecular formula is C20H26FN5O2S. The minimum atomic E-state index is -0.371. The van der Waals surface area contributed by atoms with Crippen molar-refractivity contribution in [3.05, 3.63) is 40.7 Å². The summed E-state index contributed by atoms with van der Waals surface area (Å²) < 4.78 is 13.1. The fourth-order valence-electron chi connectivity index (χ4n) is 3.36. The SMILES string of the molecule is CCC(CC)c1nnc(NC(=O)N2CCCN(C(=O)c3ccc(F)cc3)CC2)s1. The first kappa shape index (κ1) is 21.2. The van der Waals surface area contributed by atoms with Gasteiger partial charge >= 0.3 is 6.03 Å². The number of nitrogens with one attached hydrogen (secondary N) is 1. The van der Waals surface area contributed by atoms with E-state index in [1.165, 1.54) is 35.6 Å². The van der Waals surface area contributed by atoms with Crippen molar-refractivity contribution in [3.8, 4) is 0 Å². The molecule has 1 aliphatic heterocycles. The Morgan fingerprint density at radius 2 is 1.72 bits per heavy atom. The van der Waals surface area contributed by atoms with Crippen LogP contribution in [0.2, 0.25) is 0 Å². The highest BCUT2D eigenvalue weighted by molar-refractivity contribution is 7.15. The summed E-state index contributed by atoms with van der Waals surface area (Å²) in [6, 6.07) is 5.30. The Labute approximate surface area is 173 Å². The number of carbonyl (C=O) groups is 2. The van der Waals surface area contributed by atoms with Gasteiger partial charge in [-0.3, -0.25) is 10.1 Å². The second-order valence-corrected chi connectivity index (χ2v) is 8.04. The smallest absolute Gasteiger partial charge is 0.323 e. The maximum absolute atomic E-state index is 13.1. The third-order valence-electron chi connectivity index (χ3n) is 5.15. The Hall–Kier alpha value is -2.55. The summed E-state index contributed by atoms with van der Waals surface area (Å²) in [5.74, 6) is -0.155. The molecule has 0 atom stereocenters. The fourth-order valence-corrected chi connectivity index (χ4v) is 4.36. The molecule has 1 aliphatic rings. The molecule has 3 rings (SSSR count). The molecule has 1 aromatic heterocycles. The third kappa shape index (κ3) is 5.29. The van der Waals surface area contributed by atoms with Crippen LogP contribution < -0.4 is 5.32 Å². The number of benzene rings is 1. The molecule has 7 nitrogen and oxygen atoms in total. The number of aromatic nitrogens is 2. The van der Waals surface area contributed by atoms with Crippen molar-refractivity contribution in [2.45, 2.75) is 39.0 Å². The Morgan fingerprint density at radius 1 is 1.07 bits per heavy atom. The highest BCUT2D eigenvalue weighted by Gasteiger charge is 2.24. The number of halogens is 1. The summed E-state index contributed by atoms with van der Waals surface area (Å²) in [6.45, 7) is 6.19. The van der Waals surface area contributed by atoms with Gasteiger partial charge in [-0.25, -0.2) is 9.18 Å². The van der Waals surface area contributed by atoms with E-state index in [2.05, 4.69) is 29.4 Å². The molecule has 3 amide bonds. The van der Waals surface area contributed by atoms with Crippen molar-refractivity contribution in [3.63, 3.8) is 0 Å². The molecule has 156 valence electrons. The molecule has 2 heterocycles. The number of anilines is 1. The van der Waals surface area contributed by atoms with Gasteiger partial charge in [0.1, 0.15) is 10.8 Å². The third-order valence-corrected chi connectivity index (χ3v) is 6.15. The van der Waals surface area contributed by atoms with E-state index < -0.39 is 0 Å². The van der Waals surface area contributed by atoms with Crippen molar-refractivity contribution in [1.82, 2.24) is 20.0 Å². The summed E-state index contributed by atoms with van der Waals surface area (Å²) in [5.41, 5.74) is 0.451. The maximum Gasteiger partial charge on any atom is 0.323 e. The van der Waals surface area contributed by atoms with Gasteiger partial charge in [-0.15, -0.1) is 10.2 Å². The fraction of sp³-hybridized carbons (Fsp3) is 0.500. The molecule has 0 spiro atoms. The first-order valence-electron chi connectivity index (χ1n) is 9.96. The van der Waals surface area contributed by atoms with Gasteiger partial charge in [0.15, 0.2) is 0 Å². The Balaban J connectivity index is 1.57.